The van der Waals surface area contributed by atoms with E-state index in [1.54, 1.807) is 25.3 Å². The Morgan fingerprint density at radius 2 is 1.64 bits per heavy atom. The summed E-state index contributed by atoms with van der Waals surface area (Å²) in [5.41, 5.74) is 3.70. The molecule has 0 aromatic heterocycles. The van der Waals surface area contributed by atoms with Gasteiger partial charge in [0.25, 0.3) is 0 Å². The summed E-state index contributed by atoms with van der Waals surface area (Å²) in [6.45, 7) is 4.36. The van der Waals surface area contributed by atoms with Crippen molar-refractivity contribution in [2.75, 3.05) is 14.2 Å². The molecule has 3 aromatic carbocycles. The molecule has 1 N–H and O–H groups in total. The van der Waals surface area contributed by atoms with Gasteiger partial charge in [0.05, 0.1) is 14.2 Å². The van der Waals surface area contributed by atoms with Crippen LogP contribution in [0.4, 0.5) is 4.39 Å². The molecule has 3 rings (SSSR count). The fourth-order valence-electron chi connectivity index (χ4n) is 3.40. The molecular formula is C28H29FO4. The van der Waals surface area contributed by atoms with Gasteiger partial charge in [-0.25, -0.2) is 4.39 Å². The molecule has 0 radical (unpaired) electrons. The summed E-state index contributed by atoms with van der Waals surface area (Å²) < 4.78 is 32.1. The zero-order valence-corrected chi connectivity index (χ0v) is 19.4. The molecule has 0 bridgehead atoms. The van der Waals surface area contributed by atoms with Crippen LogP contribution in [0.2, 0.25) is 0 Å². The summed E-state index contributed by atoms with van der Waals surface area (Å²) in [6.07, 6.45) is 3.88. The lowest BCUT2D eigenvalue weighted by molar-refractivity contribution is 0.284. The topological polar surface area (TPSA) is 47.9 Å². The van der Waals surface area contributed by atoms with E-state index >= 15 is 4.39 Å². The van der Waals surface area contributed by atoms with E-state index in [9.17, 15) is 5.11 Å². The first kappa shape index (κ1) is 23.9. The standard InChI is InChI=1S/C28H29FO4/c1-19(2)10-12-23-24(16-22(30)17-27(23)31-3)25(29)14-21-11-13-26(28(15-21)32-4)33-18-20-8-6-5-7-9-20/h5-11,13-17,30H,12,18H2,1-4H3. The minimum atomic E-state index is -0.485. The van der Waals surface area contributed by atoms with Gasteiger partial charge in [-0.05, 0) is 55.7 Å². The first-order valence-corrected chi connectivity index (χ1v) is 10.7. The summed E-state index contributed by atoms with van der Waals surface area (Å²) in [5.74, 6) is 0.969. The maximum Gasteiger partial charge on any atom is 0.161 e. The highest BCUT2D eigenvalue weighted by atomic mass is 19.1. The number of benzene rings is 3. The average Bonchev–Trinajstić information content (AvgIpc) is 2.82. The van der Waals surface area contributed by atoms with Crippen LogP contribution in [-0.2, 0) is 13.0 Å². The number of phenolic OH excluding ortho intramolecular Hbond substituents is 1. The SMILES string of the molecule is COc1cc(C=C(F)c2cc(O)cc(OC)c2CC=C(C)C)ccc1OCc1ccccc1. The van der Waals surface area contributed by atoms with Gasteiger partial charge >= 0.3 is 0 Å². The van der Waals surface area contributed by atoms with E-state index in [-0.39, 0.29) is 11.3 Å². The molecule has 0 unspecified atom stereocenters. The van der Waals surface area contributed by atoms with Crippen LogP contribution in [0.25, 0.3) is 11.9 Å². The molecule has 5 heteroatoms. The van der Waals surface area contributed by atoms with Gasteiger partial charge in [-0.1, -0.05) is 48.0 Å². The van der Waals surface area contributed by atoms with E-state index in [2.05, 4.69) is 0 Å². The van der Waals surface area contributed by atoms with Crippen molar-refractivity contribution in [3.8, 4) is 23.0 Å². The van der Waals surface area contributed by atoms with Crippen LogP contribution in [-0.4, -0.2) is 19.3 Å². The molecule has 4 nitrogen and oxygen atoms in total. The number of allylic oxidation sites excluding steroid dienone is 2. The van der Waals surface area contributed by atoms with Gasteiger partial charge in [0.2, 0.25) is 0 Å². The number of halogens is 1. The molecular weight excluding hydrogens is 419 g/mol. The molecule has 0 aliphatic heterocycles. The molecule has 33 heavy (non-hydrogen) atoms. The number of ether oxygens (including phenoxy) is 3. The zero-order chi connectivity index (χ0) is 23.8. The second-order valence-electron chi connectivity index (χ2n) is 7.84. The van der Waals surface area contributed by atoms with Crippen molar-refractivity contribution in [3.63, 3.8) is 0 Å². The summed E-state index contributed by atoms with van der Waals surface area (Å²) in [6, 6.07) is 18.0. The van der Waals surface area contributed by atoms with Gasteiger partial charge in [-0.15, -0.1) is 0 Å². The van der Waals surface area contributed by atoms with Crippen molar-refractivity contribution in [2.45, 2.75) is 26.9 Å². The molecule has 0 aliphatic carbocycles. The van der Waals surface area contributed by atoms with Gasteiger partial charge < -0.3 is 19.3 Å². The number of hydrogen-bond donors (Lipinski definition) is 1. The van der Waals surface area contributed by atoms with Gasteiger partial charge in [0.15, 0.2) is 11.5 Å². The molecule has 172 valence electrons. The third-order valence-electron chi connectivity index (χ3n) is 5.10. The fourth-order valence-corrected chi connectivity index (χ4v) is 3.40. The highest BCUT2D eigenvalue weighted by molar-refractivity contribution is 5.80. The van der Waals surface area contributed by atoms with Crippen molar-refractivity contribution < 1.29 is 23.7 Å². The first-order valence-electron chi connectivity index (χ1n) is 10.7. The van der Waals surface area contributed by atoms with Crippen molar-refractivity contribution in [2.24, 2.45) is 0 Å². The van der Waals surface area contributed by atoms with Crippen LogP contribution in [0.1, 0.15) is 36.1 Å². The fraction of sp³-hybridized carbons (Fsp3) is 0.214. The second kappa shape index (κ2) is 11.2. The van der Waals surface area contributed by atoms with E-state index in [0.29, 0.717) is 41.4 Å². The molecule has 3 aromatic rings. The Balaban J connectivity index is 1.91. The van der Waals surface area contributed by atoms with Gasteiger partial charge in [0.1, 0.15) is 23.9 Å². The maximum atomic E-state index is 15.4. The van der Waals surface area contributed by atoms with Crippen molar-refractivity contribution in [3.05, 3.63) is 94.6 Å². The van der Waals surface area contributed by atoms with E-state index in [1.807, 2.05) is 50.3 Å². The van der Waals surface area contributed by atoms with Crippen LogP contribution in [0.15, 0.2) is 72.3 Å². The lowest BCUT2D eigenvalue weighted by Crippen LogP contribution is -1.98. The van der Waals surface area contributed by atoms with Crippen LogP contribution in [0, 0.1) is 0 Å². The normalized spacial score (nSPS) is 11.1. The lowest BCUT2D eigenvalue weighted by Gasteiger charge is -2.14. The van der Waals surface area contributed by atoms with Gasteiger partial charge in [0, 0.05) is 17.2 Å². The van der Waals surface area contributed by atoms with Crippen molar-refractivity contribution >= 4 is 11.9 Å². The number of aromatic hydroxyl groups is 1. The average molecular weight is 449 g/mol. The van der Waals surface area contributed by atoms with E-state index in [0.717, 1.165) is 11.1 Å². The Morgan fingerprint density at radius 3 is 2.30 bits per heavy atom. The zero-order valence-electron chi connectivity index (χ0n) is 19.4. The minimum Gasteiger partial charge on any atom is -0.508 e. The molecule has 0 saturated carbocycles. The summed E-state index contributed by atoms with van der Waals surface area (Å²) in [5, 5.41) is 10.1. The Kier molecular flexibility index (Phi) is 8.14. The highest BCUT2D eigenvalue weighted by Gasteiger charge is 2.15. The van der Waals surface area contributed by atoms with Crippen LogP contribution >= 0.6 is 0 Å². The molecule has 0 amide bonds. The number of methoxy groups -OCH3 is 2. The molecule has 0 aliphatic rings. The summed E-state index contributed by atoms with van der Waals surface area (Å²) >= 11 is 0. The van der Waals surface area contributed by atoms with Crippen molar-refractivity contribution in [1.82, 2.24) is 0 Å². The molecule has 0 fully saturated rings. The van der Waals surface area contributed by atoms with Gasteiger partial charge in [-0.2, -0.15) is 0 Å². The van der Waals surface area contributed by atoms with Crippen LogP contribution in [0.3, 0.4) is 0 Å². The van der Waals surface area contributed by atoms with Gasteiger partial charge in [-0.3, -0.25) is 0 Å². The lowest BCUT2D eigenvalue weighted by atomic mass is 9.99. The van der Waals surface area contributed by atoms with E-state index in [4.69, 9.17) is 14.2 Å². The molecule has 0 saturated heterocycles. The smallest absolute Gasteiger partial charge is 0.161 e. The maximum absolute atomic E-state index is 15.4. The van der Waals surface area contributed by atoms with E-state index in [1.165, 1.54) is 25.3 Å². The number of hydrogen-bond acceptors (Lipinski definition) is 4. The number of rotatable bonds is 9. The monoisotopic (exact) mass is 448 g/mol. The summed E-state index contributed by atoms with van der Waals surface area (Å²) in [7, 11) is 3.05. The third kappa shape index (κ3) is 6.39. The molecule has 0 atom stereocenters. The Hall–Kier alpha value is -3.73. The van der Waals surface area contributed by atoms with Crippen LogP contribution < -0.4 is 14.2 Å². The first-order chi connectivity index (χ1) is 15.9. The third-order valence-corrected chi connectivity index (χ3v) is 5.10. The Morgan fingerprint density at radius 1 is 0.909 bits per heavy atom. The van der Waals surface area contributed by atoms with Crippen molar-refractivity contribution in [1.29, 1.82) is 0 Å². The molecule has 0 heterocycles. The minimum absolute atomic E-state index is 0.0615. The van der Waals surface area contributed by atoms with E-state index < -0.39 is 5.83 Å². The largest absolute Gasteiger partial charge is 0.508 e. The predicted octanol–water partition coefficient (Wildman–Crippen LogP) is 6.96. The highest BCUT2D eigenvalue weighted by Crippen LogP contribution is 2.36. The Labute approximate surface area is 194 Å². The summed E-state index contributed by atoms with van der Waals surface area (Å²) in [4.78, 5) is 0. The Bertz CT molecular complexity index is 1150. The predicted molar refractivity (Wildman–Crippen MR) is 131 cm³/mol. The van der Waals surface area contributed by atoms with Crippen LogP contribution in [0.5, 0.6) is 23.0 Å². The quantitative estimate of drug-likeness (QED) is 0.284. The second-order valence-corrected chi connectivity index (χ2v) is 7.84. The number of phenols is 1. The molecule has 0 spiro atoms.